The van der Waals surface area contributed by atoms with Crippen molar-refractivity contribution in [3.63, 3.8) is 0 Å². The molecule has 50 heavy (non-hydrogen) atoms. The van der Waals surface area contributed by atoms with Crippen LogP contribution in [0.2, 0.25) is 10.0 Å². The molecule has 2 fully saturated rings. The van der Waals surface area contributed by atoms with Gasteiger partial charge in [-0.1, -0.05) is 53.5 Å². The number of ether oxygens (including phenoxy) is 3. The van der Waals surface area contributed by atoms with Gasteiger partial charge in [0.1, 0.15) is 36.5 Å². The van der Waals surface area contributed by atoms with Gasteiger partial charge in [-0.25, -0.2) is 0 Å². The maximum absolute atomic E-state index is 12.2. The SMILES string of the molecule is Cc1c(COc2cc(OCc3cncc(C#N)c3)c(CNC3CCNC3=O)cc2Cl)cccc1-c1cccc(OCC2CCCN(C)C2)c1Cl. The zero-order chi connectivity index (χ0) is 35.0. The van der Waals surface area contributed by atoms with E-state index in [0.717, 1.165) is 52.9 Å². The zero-order valence-electron chi connectivity index (χ0n) is 28.3. The summed E-state index contributed by atoms with van der Waals surface area (Å²) in [5.41, 5.74) is 5.89. The van der Waals surface area contributed by atoms with Gasteiger partial charge in [0.15, 0.2) is 0 Å². The van der Waals surface area contributed by atoms with Crippen molar-refractivity contribution in [1.29, 1.82) is 5.26 Å². The maximum atomic E-state index is 12.2. The molecular formula is C39H41Cl2N5O4. The van der Waals surface area contributed by atoms with Crippen LogP contribution in [0.25, 0.3) is 11.1 Å². The lowest BCUT2D eigenvalue weighted by molar-refractivity contribution is -0.120. The summed E-state index contributed by atoms with van der Waals surface area (Å²) >= 11 is 13.7. The van der Waals surface area contributed by atoms with Gasteiger partial charge in [-0.3, -0.25) is 9.78 Å². The first kappa shape index (κ1) is 35.5. The van der Waals surface area contributed by atoms with Gasteiger partial charge >= 0.3 is 0 Å². The lowest BCUT2D eigenvalue weighted by Crippen LogP contribution is -2.35. The quantitative estimate of drug-likeness (QED) is 0.151. The lowest BCUT2D eigenvalue weighted by Gasteiger charge is -2.29. The van der Waals surface area contributed by atoms with Crippen LogP contribution in [0, 0.1) is 24.2 Å². The summed E-state index contributed by atoms with van der Waals surface area (Å²) in [5, 5.41) is 16.5. The fraction of sp³-hybridized carbons (Fsp3) is 0.359. The van der Waals surface area contributed by atoms with Crippen LogP contribution < -0.4 is 24.8 Å². The highest BCUT2D eigenvalue weighted by Gasteiger charge is 2.24. The van der Waals surface area contributed by atoms with E-state index in [1.165, 1.54) is 12.6 Å². The molecule has 0 bridgehead atoms. The van der Waals surface area contributed by atoms with Crippen LogP contribution in [-0.4, -0.2) is 55.1 Å². The van der Waals surface area contributed by atoms with Gasteiger partial charge in [-0.15, -0.1) is 0 Å². The monoisotopic (exact) mass is 713 g/mol. The average molecular weight is 715 g/mol. The Morgan fingerprint density at radius 1 is 0.980 bits per heavy atom. The van der Waals surface area contributed by atoms with Crippen molar-refractivity contribution in [2.45, 2.75) is 52.0 Å². The van der Waals surface area contributed by atoms with Gasteiger partial charge in [0.05, 0.1) is 28.3 Å². The van der Waals surface area contributed by atoms with E-state index in [4.69, 9.17) is 37.4 Å². The molecule has 0 aliphatic carbocycles. The van der Waals surface area contributed by atoms with E-state index in [9.17, 15) is 10.1 Å². The summed E-state index contributed by atoms with van der Waals surface area (Å²) in [6.07, 6.45) is 6.21. The summed E-state index contributed by atoms with van der Waals surface area (Å²) < 4.78 is 18.8. The van der Waals surface area contributed by atoms with Gasteiger partial charge in [0, 0.05) is 60.7 Å². The molecule has 3 aromatic carbocycles. The van der Waals surface area contributed by atoms with Crippen molar-refractivity contribution >= 4 is 29.1 Å². The highest BCUT2D eigenvalue weighted by Crippen LogP contribution is 2.39. The topological polar surface area (TPSA) is 109 Å². The minimum absolute atomic E-state index is 0.0245. The second-order valence-corrected chi connectivity index (χ2v) is 13.7. The van der Waals surface area contributed by atoms with E-state index >= 15 is 0 Å². The molecule has 11 heteroatoms. The number of rotatable bonds is 13. The first-order chi connectivity index (χ1) is 24.3. The number of piperidine rings is 1. The van der Waals surface area contributed by atoms with Crippen LogP contribution in [0.5, 0.6) is 17.2 Å². The first-order valence-electron chi connectivity index (χ1n) is 16.9. The van der Waals surface area contributed by atoms with Crippen molar-refractivity contribution < 1.29 is 19.0 Å². The van der Waals surface area contributed by atoms with Gasteiger partial charge in [0.25, 0.3) is 0 Å². The summed E-state index contributed by atoms with van der Waals surface area (Å²) in [6.45, 7) is 6.31. The second kappa shape index (κ2) is 16.6. The number of aromatic nitrogens is 1. The Labute approximate surface area is 303 Å². The second-order valence-electron chi connectivity index (χ2n) is 13.0. The van der Waals surface area contributed by atoms with Crippen LogP contribution in [0.15, 0.2) is 67.0 Å². The Hall–Kier alpha value is -4.33. The molecule has 2 unspecified atom stereocenters. The number of nitrogens with one attached hydrogen (secondary N) is 2. The lowest BCUT2D eigenvalue weighted by atomic mass is 9.96. The third kappa shape index (κ3) is 8.69. The molecule has 9 nitrogen and oxygen atoms in total. The molecule has 260 valence electrons. The molecule has 0 radical (unpaired) electrons. The van der Waals surface area contributed by atoms with Crippen molar-refractivity contribution in [3.05, 3.63) is 105 Å². The largest absolute Gasteiger partial charge is 0.492 e. The molecule has 1 aromatic heterocycles. The van der Waals surface area contributed by atoms with Crippen LogP contribution in [0.1, 0.15) is 47.1 Å². The Morgan fingerprint density at radius 2 is 1.80 bits per heavy atom. The zero-order valence-corrected chi connectivity index (χ0v) is 29.8. The number of pyridine rings is 1. The van der Waals surface area contributed by atoms with Crippen molar-refractivity contribution in [3.8, 4) is 34.4 Å². The molecule has 6 rings (SSSR count). The number of nitrogens with zero attached hydrogens (tertiary/aromatic N) is 3. The minimum Gasteiger partial charge on any atom is -0.492 e. The third-order valence-electron chi connectivity index (χ3n) is 9.30. The first-order valence-corrected chi connectivity index (χ1v) is 17.7. The summed E-state index contributed by atoms with van der Waals surface area (Å²) in [6, 6.07) is 19.1. The van der Waals surface area contributed by atoms with Crippen molar-refractivity contribution in [2.24, 2.45) is 5.92 Å². The molecule has 0 spiro atoms. The van der Waals surface area contributed by atoms with Gasteiger partial charge in [-0.05, 0) is 74.7 Å². The number of amides is 1. The summed E-state index contributed by atoms with van der Waals surface area (Å²) in [4.78, 5) is 18.7. The molecule has 1 amide bonds. The standard InChI is InChI=1S/C39H41Cl2N5O4/c1-25-29(7-3-8-31(25)32-9-4-10-35(38(32)41)48-22-26-6-5-13-46(2)21-26)24-50-37-16-36(49-23-28-14-27(17-42)18-43-19-28)30(15-33(37)40)20-45-34-11-12-44-39(34)47/h3-4,7-10,14-16,18-19,26,34,45H,5-6,11-13,20-24H2,1-2H3,(H,44,47). The maximum Gasteiger partial charge on any atom is 0.237 e. The van der Waals surface area contributed by atoms with Crippen LogP contribution in [0.3, 0.4) is 0 Å². The van der Waals surface area contributed by atoms with Crippen LogP contribution in [0.4, 0.5) is 0 Å². The molecular weight excluding hydrogens is 673 g/mol. The van der Waals surface area contributed by atoms with Gasteiger partial charge in [-0.2, -0.15) is 5.26 Å². The number of hydrogen-bond acceptors (Lipinski definition) is 8. The molecule has 0 saturated carbocycles. The molecule has 3 heterocycles. The van der Waals surface area contributed by atoms with Gasteiger partial charge < -0.3 is 29.7 Å². The molecule has 4 aromatic rings. The summed E-state index contributed by atoms with van der Waals surface area (Å²) in [5.74, 6) is 2.16. The third-order valence-corrected chi connectivity index (χ3v) is 9.99. The van der Waals surface area contributed by atoms with E-state index < -0.39 is 0 Å². The predicted molar refractivity (Wildman–Crippen MR) is 195 cm³/mol. The molecule has 2 saturated heterocycles. The van der Waals surface area contributed by atoms with E-state index in [1.807, 2.05) is 30.3 Å². The number of halogens is 2. The summed E-state index contributed by atoms with van der Waals surface area (Å²) in [7, 11) is 2.16. The minimum atomic E-state index is -0.288. The Morgan fingerprint density at radius 3 is 2.60 bits per heavy atom. The smallest absolute Gasteiger partial charge is 0.237 e. The number of hydrogen-bond donors (Lipinski definition) is 2. The molecule has 2 N–H and O–H groups in total. The number of carbonyl (C=O) groups excluding carboxylic acids is 1. The normalized spacial score (nSPS) is 17.6. The van der Waals surface area contributed by atoms with E-state index in [0.29, 0.717) is 64.9 Å². The van der Waals surface area contributed by atoms with Crippen molar-refractivity contribution in [2.75, 3.05) is 33.3 Å². The molecule has 2 atom stereocenters. The Bertz CT molecular complexity index is 1880. The average Bonchev–Trinajstić information content (AvgIpc) is 3.54. The predicted octanol–water partition coefficient (Wildman–Crippen LogP) is 7.09. The fourth-order valence-electron chi connectivity index (χ4n) is 6.50. The molecule has 2 aliphatic rings. The molecule has 2 aliphatic heterocycles. The van der Waals surface area contributed by atoms with E-state index in [-0.39, 0.29) is 25.2 Å². The number of benzene rings is 3. The van der Waals surface area contributed by atoms with E-state index in [1.54, 1.807) is 24.4 Å². The Balaban J connectivity index is 1.19. The highest BCUT2D eigenvalue weighted by molar-refractivity contribution is 6.35. The van der Waals surface area contributed by atoms with E-state index in [2.05, 4.69) is 46.6 Å². The number of carbonyl (C=O) groups is 1. The highest BCUT2D eigenvalue weighted by atomic mass is 35.5. The van der Waals surface area contributed by atoms with Crippen molar-refractivity contribution in [1.82, 2.24) is 20.5 Å². The fourth-order valence-corrected chi connectivity index (χ4v) is 7.03. The van der Waals surface area contributed by atoms with Crippen LogP contribution >= 0.6 is 23.2 Å². The Kier molecular flexibility index (Phi) is 11.8. The number of likely N-dealkylation sites (tertiary alicyclic amines) is 1. The van der Waals surface area contributed by atoms with Crippen LogP contribution in [-0.2, 0) is 24.6 Å². The number of nitriles is 1. The van der Waals surface area contributed by atoms with Gasteiger partial charge in [0.2, 0.25) is 5.91 Å².